The van der Waals surface area contributed by atoms with E-state index < -0.39 is 11.8 Å². The van der Waals surface area contributed by atoms with E-state index in [0.29, 0.717) is 10.2 Å². The summed E-state index contributed by atoms with van der Waals surface area (Å²) in [6, 6.07) is 4.30. The van der Waals surface area contributed by atoms with Crippen molar-refractivity contribution in [2.24, 2.45) is 0 Å². The normalized spacial score (nSPS) is 11.0. The van der Waals surface area contributed by atoms with Gasteiger partial charge in [-0.2, -0.15) is 0 Å². The summed E-state index contributed by atoms with van der Waals surface area (Å²) in [6.45, 7) is 3.59. The molecule has 100 valence electrons. The van der Waals surface area contributed by atoms with Crippen molar-refractivity contribution >= 4 is 21.9 Å². The lowest BCUT2D eigenvalue weighted by atomic mass is 10.1. The molecule has 1 N–H and O–H groups in total. The van der Waals surface area contributed by atoms with Gasteiger partial charge in [-0.05, 0) is 24.1 Å². The van der Waals surface area contributed by atoms with Gasteiger partial charge < -0.3 is 9.52 Å². The molecule has 2 rings (SSSR count). The van der Waals surface area contributed by atoms with E-state index in [0.717, 1.165) is 0 Å². The van der Waals surface area contributed by atoms with Crippen molar-refractivity contribution in [3.05, 3.63) is 39.9 Å². The molecule has 1 heterocycles. The summed E-state index contributed by atoms with van der Waals surface area (Å²) in [7, 11) is 0. The van der Waals surface area contributed by atoms with Gasteiger partial charge in [0.05, 0.1) is 11.3 Å². The maximum absolute atomic E-state index is 13.7. The van der Waals surface area contributed by atoms with Crippen LogP contribution in [0.25, 0.3) is 11.5 Å². The molecule has 0 bridgehead atoms. The van der Waals surface area contributed by atoms with Gasteiger partial charge >= 0.3 is 5.97 Å². The fourth-order valence-electron chi connectivity index (χ4n) is 1.65. The molecule has 0 saturated heterocycles. The Morgan fingerprint density at radius 1 is 1.47 bits per heavy atom. The third kappa shape index (κ3) is 2.68. The topological polar surface area (TPSA) is 63.3 Å². The second-order valence-electron chi connectivity index (χ2n) is 4.32. The Hall–Kier alpha value is -1.69. The number of nitrogens with zero attached hydrogens (tertiary/aromatic N) is 1. The van der Waals surface area contributed by atoms with Crippen LogP contribution < -0.4 is 0 Å². The average molecular weight is 328 g/mol. The number of halogens is 2. The van der Waals surface area contributed by atoms with Crippen LogP contribution in [-0.4, -0.2) is 16.1 Å². The van der Waals surface area contributed by atoms with E-state index in [1.807, 2.05) is 0 Å². The van der Waals surface area contributed by atoms with Gasteiger partial charge in [-0.25, -0.2) is 14.2 Å². The summed E-state index contributed by atoms with van der Waals surface area (Å²) in [5, 5.41) is 9.06. The summed E-state index contributed by atoms with van der Waals surface area (Å²) in [5.41, 5.74) is 0.436. The Labute approximate surface area is 117 Å². The highest BCUT2D eigenvalue weighted by atomic mass is 79.9. The quantitative estimate of drug-likeness (QED) is 0.923. The average Bonchev–Trinajstić information content (AvgIpc) is 2.77. The monoisotopic (exact) mass is 327 g/mol. The Kier molecular flexibility index (Phi) is 3.71. The first kappa shape index (κ1) is 13.7. The number of hydrogen-bond donors (Lipinski definition) is 1. The van der Waals surface area contributed by atoms with Crippen molar-refractivity contribution in [1.29, 1.82) is 0 Å². The van der Waals surface area contributed by atoms with Gasteiger partial charge in [-0.3, -0.25) is 0 Å². The highest BCUT2D eigenvalue weighted by molar-refractivity contribution is 9.10. The van der Waals surface area contributed by atoms with Gasteiger partial charge in [-0.15, -0.1) is 0 Å². The van der Waals surface area contributed by atoms with Crippen LogP contribution in [-0.2, 0) is 0 Å². The Bertz CT molecular complexity index is 637. The summed E-state index contributed by atoms with van der Waals surface area (Å²) in [5.74, 6) is -2.13. The molecule has 1 aromatic heterocycles. The zero-order valence-electron chi connectivity index (χ0n) is 10.3. The predicted molar refractivity (Wildman–Crippen MR) is 70.6 cm³/mol. The number of hydrogen-bond acceptors (Lipinski definition) is 3. The fraction of sp³-hybridized carbons (Fsp3) is 0.231. The molecular weight excluding hydrogens is 317 g/mol. The smallest absolute Gasteiger partial charge is 0.373 e. The molecule has 2 aromatic rings. The van der Waals surface area contributed by atoms with E-state index in [9.17, 15) is 9.18 Å². The van der Waals surface area contributed by atoms with Gasteiger partial charge in [0.15, 0.2) is 0 Å². The first-order chi connectivity index (χ1) is 8.90. The molecule has 6 heteroatoms. The van der Waals surface area contributed by atoms with Crippen LogP contribution in [0.2, 0.25) is 0 Å². The maximum atomic E-state index is 13.7. The number of carboxylic acid groups (broad SMARTS) is 1. The number of oxazole rings is 1. The number of carboxylic acids is 1. The van der Waals surface area contributed by atoms with Gasteiger partial charge in [-0.1, -0.05) is 29.8 Å². The highest BCUT2D eigenvalue weighted by Gasteiger charge is 2.23. The van der Waals surface area contributed by atoms with Crippen molar-refractivity contribution < 1.29 is 18.7 Å². The van der Waals surface area contributed by atoms with Crippen LogP contribution >= 0.6 is 15.9 Å². The second kappa shape index (κ2) is 5.13. The van der Waals surface area contributed by atoms with Crippen LogP contribution in [0.1, 0.15) is 36.0 Å². The van der Waals surface area contributed by atoms with Crippen LogP contribution in [0.15, 0.2) is 27.1 Å². The highest BCUT2D eigenvalue weighted by Crippen LogP contribution is 2.30. The number of rotatable bonds is 3. The van der Waals surface area contributed by atoms with E-state index in [2.05, 4.69) is 20.9 Å². The molecule has 0 unspecified atom stereocenters. The molecule has 19 heavy (non-hydrogen) atoms. The molecule has 1 aromatic carbocycles. The minimum absolute atomic E-state index is 0.0279. The maximum Gasteiger partial charge on any atom is 0.373 e. The summed E-state index contributed by atoms with van der Waals surface area (Å²) in [6.07, 6.45) is 0. The minimum Gasteiger partial charge on any atom is -0.475 e. The first-order valence-electron chi connectivity index (χ1n) is 5.59. The van der Waals surface area contributed by atoms with Crippen molar-refractivity contribution in [2.45, 2.75) is 19.8 Å². The molecule has 0 saturated carbocycles. The molecule has 0 aliphatic carbocycles. The molecule has 0 aliphatic heterocycles. The van der Waals surface area contributed by atoms with E-state index >= 15 is 0 Å². The van der Waals surface area contributed by atoms with Crippen molar-refractivity contribution in [2.75, 3.05) is 0 Å². The predicted octanol–water partition coefficient (Wildman–Crippen LogP) is 4.06. The van der Waals surface area contributed by atoms with Crippen LogP contribution in [0.5, 0.6) is 0 Å². The molecule has 0 atom stereocenters. The van der Waals surface area contributed by atoms with Crippen LogP contribution in [0.3, 0.4) is 0 Å². The fourth-order valence-corrected chi connectivity index (χ4v) is 2.01. The van der Waals surface area contributed by atoms with Gasteiger partial charge in [0.1, 0.15) is 5.82 Å². The van der Waals surface area contributed by atoms with Gasteiger partial charge in [0, 0.05) is 4.47 Å². The third-order valence-electron chi connectivity index (χ3n) is 2.55. The lowest BCUT2D eigenvalue weighted by Crippen LogP contribution is -2.01. The molecule has 0 spiro atoms. The van der Waals surface area contributed by atoms with Crippen LogP contribution in [0.4, 0.5) is 4.39 Å². The van der Waals surface area contributed by atoms with E-state index in [4.69, 9.17) is 9.52 Å². The SMILES string of the molecule is CC(C)c1nc(-c2cc(Br)ccc2F)oc1C(=O)O. The molecule has 0 amide bonds. The summed E-state index contributed by atoms with van der Waals surface area (Å²) < 4.78 is 19.6. The Morgan fingerprint density at radius 2 is 2.16 bits per heavy atom. The molecule has 4 nitrogen and oxygen atoms in total. The standard InChI is InChI=1S/C13H11BrFNO3/c1-6(2)10-11(13(17)18)19-12(16-10)8-5-7(14)3-4-9(8)15/h3-6H,1-2H3,(H,17,18). The number of aromatic nitrogens is 1. The third-order valence-corrected chi connectivity index (χ3v) is 3.05. The van der Waals surface area contributed by atoms with Crippen molar-refractivity contribution in [3.8, 4) is 11.5 Å². The summed E-state index contributed by atoms with van der Waals surface area (Å²) in [4.78, 5) is 15.2. The lowest BCUT2D eigenvalue weighted by Gasteiger charge is -1.99. The van der Waals surface area contributed by atoms with Gasteiger partial charge in [0.25, 0.3) is 0 Å². The van der Waals surface area contributed by atoms with E-state index in [1.165, 1.54) is 12.1 Å². The molecular formula is C13H11BrFNO3. The number of aromatic carboxylic acids is 1. The largest absolute Gasteiger partial charge is 0.475 e. The van der Waals surface area contributed by atoms with Crippen molar-refractivity contribution in [1.82, 2.24) is 4.98 Å². The minimum atomic E-state index is -1.21. The second-order valence-corrected chi connectivity index (χ2v) is 5.23. The molecule has 0 radical (unpaired) electrons. The zero-order valence-corrected chi connectivity index (χ0v) is 11.9. The van der Waals surface area contributed by atoms with Crippen LogP contribution in [0, 0.1) is 5.82 Å². The lowest BCUT2D eigenvalue weighted by molar-refractivity contribution is 0.0661. The molecule has 0 aliphatic rings. The van der Waals surface area contributed by atoms with Crippen molar-refractivity contribution in [3.63, 3.8) is 0 Å². The van der Waals surface area contributed by atoms with Gasteiger partial charge in [0.2, 0.25) is 11.7 Å². The Balaban J connectivity index is 2.60. The summed E-state index contributed by atoms with van der Waals surface area (Å²) >= 11 is 3.22. The Morgan fingerprint density at radius 3 is 2.68 bits per heavy atom. The zero-order chi connectivity index (χ0) is 14.2. The van der Waals surface area contributed by atoms with E-state index in [1.54, 1.807) is 19.9 Å². The number of carbonyl (C=O) groups is 1. The number of benzene rings is 1. The molecule has 0 fully saturated rings. The van der Waals surface area contributed by atoms with E-state index in [-0.39, 0.29) is 23.1 Å². The first-order valence-corrected chi connectivity index (χ1v) is 6.39.